The van der Waals surface area contributed by atoms with Crippen molar-refractivity contribution in [2.24, 2.45) is 0 Å². The maximum atomic E-state index is 14.0. The van der Waals surface area contributed by atoms with Crippen LogP contribution in [0.15, 0.2) is 111 Å². The third kappa shape index (κ3) is 10.7. The quantitative estimate of drug-likeness (QED) is 0.0402. The fourth-order valence-electron chi connectivity index (χ4n) is 8.26. The van der Waals surface area contributed by atoms with E-state index in [2.05, 4.69) is 88.4 Å². The Balaban J connectivity index is 0.997. The molecule has 6 N–H and O–H groups in total. The molecule has 0 bridgehead atoms. The standard InChI is InChI=1S/C51H52N8O4S2/c1-28(2)47-46(53-51(55-49(47)63)65-27-37-23-44(59-57-37)35-13-17-39(61)18-14-35)25-42-31(5)20-33(21-32(42)6)10-19-40-45(24-41-29(3)8-7-9-30(41)4)52-50(54-48(40)62)64-26-36-22-43(58-56-36)34-11-15-38(60)16-12-34/h7-9,11-18,20-23,28,60-61H,10,19,24-27H2,1-6H3,(H,56,58)(H,57,59)(H,52,54,62)(H,53,55,63). The molecule has 0 aliphatic heterocycles. The first-order valence-corrected chi connectivity index (χ1v) is 23.6. The Bertz CT molecular complexity index is 3050. The third-order valence-electron chi connectivity index (χ3n) is 11.7. The van der Waals surface area contributed by atoms with Crippen molar-refractivity contribution in [1.29, 1.82) is 0 Å². The Morgan fingerprint density at radius 2 is 1.05 bits per heavy atom. The molecule has 0 fully saturated rings. The van der Waals surface area contributed by atoms with E-state index >= 15 is 0 Å². The van der Waals surface area contributed by atoms with Gasteiger partial charge in [0.25, 0.3) is 11.1 Å². The molecule has 4 aromatic heterocycles. The van der Waals surface area contributed by atoms with Crippen LogP contribution in [0.2, 0.25) is 0 Å². The molecule has 332 valence electrons. The van der Waals surface area contributed by atoms with Crippen molar-refractivity contribution in [2.45, 2.75) is 95.0 Å². The highest BCUT2D eigenvalue weighted by Gasteiger charge is 2.20. The van der Waals surface area contributed by atoms with Gasteiger partial charge in [-0.2, -0.15) is 10.2 Å². The number of nitrogens with zero attached hydrogens (tertiary/aromatic N) is 4. The zero-order chi connectivity index (χ0) is 45.8. The van der Waals surface area contributed by atoms with Crippen molar-refractivity contribution in [3.8, 4) is 34.0 Å². The van der Waals surface area contributed by atoms with Crippen LogP contribution in [-0.2, 0) is 37.2 Å². The Hall–Kier alpha value is -6.64. The number of rotatable bonds is 16. The van der Waals surface area contributed by atoms with E-state index < -0.39 is 0 Å². The van der Waals surface area contributed by atoms with E-state index in [9.17, 15) is 19.8 Å². The summed E-state index contributed by atoms with van der Waals surface area (Å²) in [5.41, 5.74) is 15.7. The number of phenolic OH excluding ortho intramolecular Hbond substituents is 2. The maximum Gasteiger partial charge on any atom is 0.255 e. The van der Waals surface area contributed by atoms with Crippen molar-refractivity contribution in [3.05, 3.63) is 185 Å². The lowest BCUT2D eigenvalue weighted by atomic mass is 9.91. The minimum absolute atomic E-state index is 0.0234. The number of hydrogen-bond acceptors (Lipinski definition) is 10. The smallest absolute Gasteiger partial charge is 0.255 e. The molecule has 65 heavy (non-hydrogen) atoms. The van der Waals surface area contributed by atoms with Crippen LogP contribution in [0, 0.1) is 27.7 Å². The van der Waals surface area contributed by atoms with Gasteiger partial charge in [-0.3, -0.25) is 19.8 Å². The van der Waals surface area contributed by atoms with Gasteiger partial charge in [-0.25, -0.2) is 9.97 Å². The summed E-state index contributed by atoms with van der Waals surface area (Å²) in [6, 6.07) is 28.4. The minimum Gasteiger partial charge on any atom is -0.508 e. The van der Waals surface area contributed by atoms with Gasteiger partial charge in [-0.05, 0) is 146 Å². The highest BCUT2D eigenvalue weighted by Crippen LogP contribution is 2.29. The Morgan fingerprint density at radius 1 is 0.569 bits per heavy atom. The molecule has 0 unspecified atom stereocenters. The van der Waals surface area contributed by atoms with Crippen molar-refractivity contribution >= 4 is 23.5 Å². The monoisotopic (exact) mass is 904 g/mol. The fourth-order valence-corrected chi connectivity index (χ4v) is 9.82. The number of nitrogens with one attached hydrogen (secondary N) is 4. The first-order valence-electron chi connectivity index (χ1n) is 21.6. The number of H-pyrrole nitrogens is 4. The lowest BCUT2D eigenvalue weighted by molar-refractivity contribution is 0.475. The Labute approximate surface area is 385 Å². The van der Waals surface area contributed by atoms with E-state index in [1.807, 2.05) is 50.2 Å². The molecule has 0 spiro atoms. The predicted octanol–water partition coefficient (Wildman–Crippen LogP) is 9.95. The van der Waals surface area contributed by atoms with Gasteiger partial charge in [-0.1, -0.05) is 67.7 Å². The predicted molar refractivity (Wildman–Crippen MR) is 259 cm³/mol. The Kier molecular flexibility index (Phi) is 13.6. The molecule has 0 amide bonds. The number of aromatic amines is 4. The molecule has 0 atom stereocenters. The first kappa shape index (κ1) is 44.9. The van der Waals surface area contributed by atoms with Crippen molar-refractivity contribution < 1.29 is 10.2 Å². The number of aryl methyl sites for hydroxylation is 5. The van der Waals surface area contributed by atoms with Gasteiger partial charge >= 0.3 is 0 Å². The van der Waals surface area contributed by atoms with Crippen molar-refractivity contribution in [1.82, 2.24) is 40.3 Å². The van der Waals surface area contributed by atoms with E-state index in [1.165, 1.54) is 29.1 Å². The summed E-state index contributed by atoms with van der Waals surface area (Å²) in [4.78, 5) is 43.8. The van der Waals surface area contributed by atoms with E-state index in [1.54, 1.807) is 24.3 Å². The number of phenols is 2. The highest BCUT2D eigenvalue weighted by atomic mass is 32.2. The van der Waals surface area contributed by atoms with Gasteiger partial charge < -0.3 is 20.2 Å². The molecule has 8 rings (SSSR count). The number of benzene rings is 4. The van der Waals surface area contributed by atoms with Crippen LogP contribution >= 0.6 is 23.5 Å². The summed E-state index contributed by atoms with van der Waals surface area (Å²) in [5.74, 6) is 1.44. The summed E-state index contributed by atoms with van der Waals surface area (Å²) in [6.45, 7) is 12.5. The average molecular weight is 905 g/mol. The van der Waals surface area contributed by atoms with Crippen LogP contribution in [0.25, 0.3) is 22.5 Å². The van der Waals surface area contributed by atoms with Crippen LogP contribution in [0.4, 0.5) is 0 Å². The zero-order valence-electron chi connectivity index (χ0n) is 37.3. The van der Waals surface area contributed by atoms with Crippen LogP contribution < -0.4 is 11.1 Å². The van der Waals surface area contributed by atoms with Gasteiger partial charge in [0.05, 0.1) is 22.8 Å². The second kappa shape index (κ2) is 19.6. The molecule has 4 aromatic carbocycles. The number of hydrogen-bond donors (Lipinski definition) is 6. The van der Waals surface area contributed by atoms with Gasteiger partial charge in [-0.15, -0.1) is 0 Å². The molecule has 0 saturated heterocycles. The van der Waals surface area contributed by atoms with Crippen LogP contribution in [0.5, 0.6) is 11.5 Å². The maximum absolute atomic E-state index is 14.0. The van der Waals surface area contributed by atoms with Gasteiger partial charge in [0.1, 0.15) is 11.5 Å². The molecule has 12 nitrogen and oxygen atoms in total. The number of aromatic hydroxyl groups is 2. The van der Waals surface area contributed by atoms with Crippen molar-refractivity contribution in [2.75, 3.05) is 0 Å². The second-order valence-corrected chi connectivity index (χ2v) is 18.8. The first-order chi connectivity index (χ1) is 31.3. The molecule has 0 aliphatic carbocycles. The molecule has 0 radical (unpaired) electrons. The van der Waals surface area contributed by atoms with E-state index in [4.69, 9.17) is 9.97 Å². The zero-order valence-corrected chi connectivity index (χ0v) is 38.9. The third-order valence-corrected chi connectivity index (χ3v) is 13.6. The lowest BCUT2D eigenvalue weighted by Gasteiger charge is -2.17. The summed E-state index contributed by atoms with van der Waals surface area (Å²) in [6.07, 6.45) is 2.22. The van der Waals surface area contributed by atoms with Gasteiger partial charge in [0, 0.05) is 58.0 Å². The lowest BCUT2D eigenvalue weighted by Crippen LogP contribution is -2.21. The van der Waals surface area contributed by atoms with Gasteiger partial charge in [0.2, 0.25) is 0 Å². The SMILES string of the molecule is Cc1cccc(C)c1Cc1nc(SCc2cc(-c3ccc(O)cc3)n[nH]2)[nH]c(=O)c1CCc1cc(C)c(Cc2nc(SCc3cc(-c4ccc(O)cc4)n[nH]3)[nH]c(=O)c2C(C)C)c(C)c1. The normalized spacial score (nSPS) is 11.5. The minimum atomic E-state index is -0.135. The summed E-state index contributed by atoms with van der Waals surface area (Å²) >= 11 is 2.89. The van der Waals surface area contributed by atoms with Crippen LogP contribution in [0.1, 0.15) is 92.6 Å². The molecular weight excluding hydrogens is 853 g/mol. The van der Waals surface area contributed by atoms with E-state index in [-0.39, 0.29) is 28.5 Å². The molecule has 0 saturated carbocycles. The second-order valence-electron chi connectivity index (χ2n) is 16.8. The van der Waals surface area contributed by atoms with Gasteiger partial charge in [0.15, 0.2) is 10.3 Å². The van der Waals surface area contributed by atoms with E-state index in [0.29, 0.717) is 58.6 Å². The fraction of sp³-hybridized carbons (Fsp3) is 0.255. The molecule has 0 aliphatic rings. The molecular formula is C51H52N8O4S2. The molecule has 4 heterocycles. The number of aromatic nitrogens is 8. The number of thioether (sulfide) groups is 2. The summed E-state index contributed by atoms with van der Waals surface area (Å²) in [7, 11) is 0. The summed E-state index contributed by atoms with van der Waals surface area (Å²) in [5, 5.41) is 35.5. The topological polar surface area (TPSA) is 189 Å². The average Bonchev–Trinajstić information content (AvgIpc) is 3.95. The van der Waals surface area contributed by atoms with Crippen LogP contribution in [-0.4, -0.2) is 50.5 Å². The Morgan fingerprint density at radius 3 is 1.57 bits per heavy atom. The molecule has 8 aromatic rings. The summed E-state index contributed by atoms with van der Waals surface area (Å²) < 4.78 is 0. The highest BCUT2D eigenvalue weighted by molar-refractivity contribution is 7.98. The largest absolute Gasteiger partial charge is 0.508 e. The molecule has 14 heteroatoms. The van der Waals surface area contributed by atoms with Crippen molar-refractivity contribution in [3.63, 3.8) is 0 Å². The van der Waals surface area contributed by atoms with E-state index in [0.717, 1.165) is 78.7 Å². The van der Waals surface area contributed by atoms with Crippen LogP contribution in [0.3, 0.4) is 0 Å².